The van der Waals surface area contributed by atoms with E-state index >= 15 is 0 Å². The molecule has 0 heterocycles. The fourth-order valence-corrected chi connectivity index (χ4v) is 6.18. The van der Waals surface area contributed by atoms with Crippen molar-refractivity contribution in [3.05, 3.63) is 36.4 Å². The quantitative estimate of drug-likeness (QED) is 0.366. The summed E-state index contributed by atoms with van der Waals surface area (Å²) in [4.78, 5) is -1.04. The minimum atomic E-state index is -4.62. The highest BCUT2D eigenvalue weighted by Gasteiger charge is 2.37. The highest BCUT2D eigenvalue weighted by atomic mass is 32.3. The third-order valence-electron chi connectivity index (χ3n) is 3.97. The maximum Gasteiger partial charge on any atom is 0.256 e. The molecule has 0 aliphatic rings. The van der Waals surface area contributed by atoms with E-state index < -0.39 is 52.8 Å². The van der Waals surface area contributed by atoms with Gasteiger partial charge in [0.2, 0.25) is 0 Å². The van der Waals surface area contributed by atoms with Crippen LogP contribution in [0.4, 0.5) is 0 Å². The Kier molecular flexibility index (Phi) is 6.42. The molecule has 0 aliphatic heterocycles. The summed E-state index contributed by atoms with van der Waals surface area (Å²) < 4.78 is 52.3. The van der Waals surface area contributed by atoms with Crippen LogP contribution in [-0.4, -0.2) is 47.5 Å². The zero-order valence-corrected chi connectivity index (χ0v) is 16.6. The van der Waals surface area contributed by atoms with Crippen molar-refractivity contribution in [2.24, 2.45) is 0 Å². The van der Waals surface area contributed by atoms with Gasteiger partial charge in [-0.25, -0.2) is 16.8 Å². The number of sulfonamides is 2. The SMILES string of the molecule is CCCCCN(S(=O)(=O)c1ccc(O)c(O)c1)S(=O)(=O)c1ccc(O)c(O)c1. The number of phenolic OH excluding ortho intramolecular Hbond substituents is 4. The Bertz CT molecular complexity index is 983. The van der Waals surface area contributed by atoms with Crippen molar-refractivity contribution < 1.29 is 37.3 Å². The lowest BCUT2D eigenvalue weighted by molar-refractivity contribution is 0.401. The Morgan fingerprint density at radius 1 is 0.714 bits per heavy atom. The molecule has 9 nitrogen and oxygen atoms in total. The third-order valence-corrected chi connectivity index (χ3v) is 8.28. The number of aromatic hydroxyl groups is 4. The van der Waals surface area contributed by atoms with Gasteiger partial charge in [0.15, 0.2) is 23.0 Å². The smallest absolute Gasteiger partial charge is 0.256 e. The van der Waals surface area contributed by atoms with Crippen LogP contribution in [0.1, 0.15) is 26.2 Å². The van der Waals surface area contributed by atoms with Crippen molar-refractivity contribution >= 4 is 20.0 Å². The van der Waals surface area contributed by atoms with E-state index in [2.05, 4.69) is 0 Å². The molecule has 11 heteroatoms. The molecule has 2 rings (SSSR count). The first-order chi connectivity index (χ1) is 13.0. The van der Waals surface area contributed by atoms with E-state index in [4.69, 9.17) is 0 Å². The normalized spacial score (nSPS) is 12.4. The predicted molar refractivity (Wildman–Crippen MR) is 100 cm³/mol. The summed E-state index contributed by atoms with van der Waals surface area (Å²) in [5.74, 6) is -2.53. The molecular formula is C17H21NO8S2. The lowest BCUT2D eigenvalue weighted by atomic mass is 10.3. The first-order valence-corrected chi connectivity index (χ1v) is 11.2. The Hall–Kier alpha value is -2.50. The molecule has 0 fully saturated rings. The maximum absolute atomic E-state index is 13.0. The second kappa shape index (κ2) is 8.25. The number of unbranched alkanes of at least 4 members (excludes halogenated alkanes) is 2. The second-order valence-corrected chi connectivity index (χ2v) is 9.97. The highest BCUT2D eigenvalue weighted by molar-refractivity contribution is 8.04. The average Bonchev–Trinajstić information content (AvgIpc) is 2.62. The van der Waals surface area contributed by atoms with Gasteiger partial charge in [-0.1, -0.05) is 23.5 Å². The molecular weight excluding hydrogens is 410 g/mol. The Morgan fingerprint density at radius 3 is 1.50 bits per heavy atom. The van der Waals surface area contributed by atoms with Crippen LogP contribution in [0.25, 0.3) is 0 Å². The monoisotopic (exact) mass is 431 g/mol. The molecule has 0 spiro atoms. The molecule has 0 saturated carbocycles. The van der Waals surface area contributed by atoms with Gasteiger partial charge in [-0.05, 0) is 30.7 Å². The van der Waals surface area contributed by atoms with E-state index in [9.17, 15) is 37.3 Å². The van der Waals surface area contributed by atoms with Crippen molar-refractivity contribution in [2.75, 3.05) is 6.54 Å². The van der Waals surface area contributed by atoms with Gasteiger partial charge in [0.05, 0.1) is 9.79 Å². The molecule has 0 aliphatic carbocycles. The minimum absolute atomic E-state index is 0.253. The molecule has 0 unspecified atom stereocenters. The van der Waals surface area contributed by atoms with Crippen LogP contribution in [0.2, 0.25) is 0 Å². The molecule has 0 aromatic heterocycles. The van der Waals surface area contributed by atoms with E-state index in [0.717, 1.165) is 36.4 Å². The van der Waals surface area contributed by atoms with Crippen molar-refractivity contribution in [2.45, 2.75) is 36.0 Å². The van der Waals surface area contributed by atoms with Crippen LogP contribution in [0.5, 0.6) is 23.0 Å². The highest BCUT2D eigenvalue weighted by Crippen LogP contribution is 2.33. The van der Waals surface area contributed by atoms with Gasteiger partial charge in [-0.3, -0.25) is 0 Å². The van der Waals surface area contributed by atoms with Gasteiger partial charge >= 0.3 is 0 Å². The van der Waals surface area contributed by atoms with E-state index in [1.54, 1.807) is 0 Å². The summed E-state index contributed by atoms with van der Waals surface area (Å²) >= 11 is 0. The van der Waals surface area contributed by atoms with Crippen LogP contribution < -0.4 is 0 Å². The first-order valence-electron chi connectivity index (χ1n) is 8.33. The molecule has 0 saturated heterocycles. The summed E-state index contributed by atoms with van der Waals surface area (Å²) in [5.41, 5.74) is 0. The van der Waals surface area contributed by atoms with Crippen LogP contribution in [-0.2, 0) is 20.0 Å². The van der Waals surface area contributed by atoms with Gasteiger partial charge in [-0.2, -0.15) is 0 Å². The maximum atomic E-state index is 13.0. The number of hydrogen-bond donors (Lipinski definition) is 4. The lowest BCUT2D eigenvalue weighted by Crippen LogP contribution is -2.37. The van der Waals surface area contributed by atoms with E-state index in [-0.39, 0.29) is 16.7 Å². The van der Waals surface area contributed by atoms with Crippen LogP contribution >= 0.6 is 0 Å². The van der Waals surface area contributed by atoms with Crippen molar-refractivity contribution in [1.82, 2.24) is 3.71 Å². The summed E-state index contributed by atoms with van der Waals surface area (Å²) in [6.07, 6.45) is 1.54. The van der Waals surface area contributed by atoms with Crippen LogP contribution in [0, 0.1) is 0 Å². The third kappa shape index (κ3) is 4.32. The van der Waals surface area contributed by atoms with Gasteiger partial charge in [0, 0.05) is 18.7 Å². The number of hydrogen-bond acceptors (Lipinski definition) is 8. The largest absolute Gasteiger partial charge is 0.504 e. The molecule has 0 bridgehead atoms. The molecule has 0 radical (unpaired) electrons. The fraction of sp³-hybridized carbons (Fsp3) is 0.294. The number of benzene rings is 2. The molecule has 28 heavy (non-hydrogen) atoms. The van der Waals surface area contributed by atoms with Crippen molar-refractivity contribution in [3.63, 3.8) is 0 Å². The van der Waals surface area contributed by atoms with Gasteiger partial charge in [-0.15, -0.1) is 0 Å². The Morgan fingerprint density at radius 2 is 1.14 bits per heavy atom. The summed E-state index contributed by atoms with van der Waals surface area (Å²) in [7, 11) is -9.24. The van der Waals surface area contributed by atoms with Gasteiger partial charge < -0.3 is 20.4 Å². The van der Waals surface area contributed by atoms with E-state index in [1.807, 2.05) is 6.92 Å². The van der Waals surface area contributed by atoms with Crippen LogP contribution in [0.15, 0.2) is 46.2 Å². The molecule has 2 aromatic rings. The fourth-order valence-electron chi connectivity index (χ4n) is 2.42. The Labute approximate surface area is 163 Å². The summed E-state index contributed by atoms with van der Waals surface area (Å²) in [6, 6.07) is 5.32. The number of rotatable bonds is 8. The van der Waals surface area contributed by atoms with E-state index in [0.29, 0.717) is 12.8 Å². The Balaban J connectivity index is 2.59. The topological polar surface area (TPSA) is 152 Å². The number of phenols is 4. The predicted octanol–water partition coefficient (Wildman–Crippen LogP) is 2.08. The van der Waals surface area contributed by atoms with Crippen molar-refractivity contribution in [3.8, 4) is 23.0 Å². The summed E-state index contributed by atoms with van der Waals surface area (Å²) in [5, 5.41) is 38.0. The average molecular weight is 431 g/mol. The second-order valence-electron chi connectivity index (χ2n) is 6.01. The zero-order valence-electron chi connectivity index (χ0n) is 15.0. The van der Waals surface area contributed by atoms with Gasteiger partial charge in [0.25, 0.3) is 20.0 Å². The molecule has 0 atom stereocenters. The summed E-state index contributed by atoms with van der Waals surface area (Å²) in [6.45, 7) is 1.51. The molecule has 154 valence electrons. The first kappa shape index (κ1) is 21.8. The minimum Gasteiger partial charge on any atom is -0.504 e. The van der Waals surface area contributed by atoms with Crippen LogP contribution in [0.3, 0.4) is 0 Å². The van der Waals surface area contributed by atoms with E-state index in [1.165, 1.54) is 0 Å². The van der Waals surface area contributed by atoms with Gasteiger partial charge in [0.1, 0.15) is 0 Å². The van der Waals surface area contributed by atoms with Crippen molar-refractivity contribution in [1.29, 1.82) is 0 Å². The lowest BCUT2D eigenvalue weighted by Gasteiger charge is -2.22. The zero-order chi connectivity index (χ0) is 21.1. The molecule has 0 amide bonds. The number of nitrogens with zero attached hydrogens (tertiary/aromatic N) is 1. The molecule has 4 N–H and O–H groups in total. The molecule has 2 aromatic carbocycles. The standard InChI is InChI=1S/C17H21NO8S2/c1-2-3-4-9-18(27(23,24)12-5-7-14(19)16(21)10-12)28(25,26)13-6-8-15(20)17(22)11-13/h5-8,10-11,19-22H,2-4,9H2,1H3.